The fourth-order valence-electron chi connectivity index (χ4n) is 4.97. The predicted octanol–water partition coefficient (Wildman–Crippen LogP) is 1.02. The number of nitrogens with one attached hydrogen (secondary N) is 3. The Hall–Kier alpha value is -4.25. The number of rotatable bonds is 24. The van der Waals surface area contributed by atoms with Crippen molar-refractivity contribution >= 4 is 47.1 Å². The normalized spacial score (nSPS) is 15.8. The van der Waals surface area contributed by atoms with Crippen LogP contribution in [0.25, 0.3) is 0 Å². The summed E-state index contributed by atoms with van der Waals surface area (Å²) in [6.07, 6.45) is 2.79. The second-order valence-corrected chi connectivity index (χ2v) is 11.1. The monoisotopic (exact) mass is 676 g/mol. The lowest BCUT2D eigenvalue weighted by molar-refractivity contribution is -0.139. The van der Waals surface area contributed by atoms with E-state index in [1.165, 1.54) is 12.1 Å². The largest absolute Gasteiger partial charge is 0.481 e. The van der Waals surface area contributed by atoms with Gasteiger partial charge in [0.1, 0.15) is 6.04 Å². The van der Waals surface area contributed by atoms with Gasteiger partial charge >= 0.3 is 5.97 Å². The highest BCUT2D eigenvalue weighted by Crippen LogP contribution is 2.32. The molecule has 264 valence electrons. The van der Waals surface area contributed by atoms with E-state index in [9.17, 15) is 33.6 Å². The maximum Gasteiger partial charge on any atom is 0.303 e. The van der Waals surface area contributed by atoms with E-state index in [2.05, 4.69) is 16.0 Å². The van der Waals surface area contributed by atoms with Crippen molar-refractivity contribution in [1.29, 1.82) is 0 Å². The summed E-state index contributed by atoms with van der Waals surface area (Å²) >= 11 is 0. The molecule has 4 N–H and O–H groups in total. The minimum atomic E-state index is -1.08. The van der Waals surface area contributed by atoms with E-state index in [1.807, 2.05) is 0 Å². The Morgan fingerprint density at radius 2 is 1.42 bits per heavy atom. The van der Waals surface area contributed by atoms with E-state index in [0.29, 0.717) is 72.2 Å². The van der Waals surface area contributed by atoms with E-state index in [4.69, 9.17) is 24.1 Å². The number of carboxylic acid groups (broad SMARTS) is 1. The Labute approximate surface area is 278 Å². The first kappa shape index (κ1) is 38.2. The lowest BCUT2D eigenvalue weighted by Crippen LogP contribution is -2.54. The Morgan fingerprint density at radius 3 is 2.06 bits per heavy atom. The molecule has 16 nitrogen and oxygen atoms in total. The number of hydrogen-bond acceptors (Lipinski definition) is 11. The molecular formula is C32H44N4O12. The van der Waals surface area contributed by atoms with Crippen LogP contribution in [-0.2, 0) is 42.9 Å². The van der Waals surface area contributed by atoms with E-state index in [-0.39, 0.29) is 60.7 Å². The molecule has 0 aliphatic carbocycles. The summed E-state index contributed by atoms with van der Waals surface area (Å²) in [7, 11) is 0. The van der Waals surface area contributed by atoms with Crippen LogP contribution >= 0.6 is 0 Å². The first-order chi connectivity index (χ1) is 23.2. The summed E-state index contributed by atoms with van der Waals surface area (Å²) in [4.78, 5) is 85.1. The highest BCUT2D eigenvalue weighted by molar-refractivity contribution is 6.26. The van der Waals surface area contributed by atoms with Gasteiger partial charge in [-0.3, -0.25) is 43.8 Å². The van der Waals surface area contributed by atoms with Gasteiger partial charge in [-0.1, -0.05) is 12.5 Å². The molecule has 1 saturated heterocycles. The van der Waals surface area contributed by atoms with Crippen molar-refractivity contribution in [3.05, 3.63) is 29.3 Å². The minimum absolute atomic E-state index is 0.0229. The predicted molar refractivity (Wildman–Crippen MR) is 168 cm³/mol. The Kier molecular flexibility index (Phi) is 16.6. The molecule has 0 spiro atoms. The molecular weight excluding hydrogens is 632 g/mol. The van der Waals surface area contributed by atoms with Gasteiger partial charge in [0, 0.05) is 39.0 Å². The third-order valence-corrected chi connectivity index (χ3v) is 7.40. The van der Waals surface area contributed by atoms with Crippen LogP contribution in [0.3, 0.4) is 0 Å². The van der Waals surface area contributed by atoms with Gasteiger partial charge in [-0.25, -0.2) is 0 Å². The zero-order valence-corrected chi connectivity index (χ0v) is 26.9. The second kappa shape index (κ2) is 20.9. The SMILES string of the molecule is O=C(O)CCC(=O)NCCCOCCOCCOCCOCCCCCC(=O)Nc1cccc2c1C(=O)N(C1CCC(=O)NC1=O)C2=O. The van der Waals surface area contributed by atoms with Crippen LogP contribution in [0.4, 0.5) is 5.69 Å². The fourth-order valence-corrected chi connectivity index (χ4v) is 4.97. The molecule has 1 fully saturated rings. The van der Waals surface area contributed by atoms with E-state index in [0.717, 1.165) is 17.7 Å². The number of unbranched alkanes of at least 4 members (excludes halogenated alkanes) is 2. The van der Waals surface area contributed by atoms with Crippen LogP contribution in [0, 0.1) is 0 Å². The lowest BCUT2D eigenvalue weighted by atomic mass is 10.0. The van der Waals surface area contributed by atoms with Crippen molar-refractivity contribution in [2.75, 3.05) is 64.7 Å². The molecule has 2 aliphatic rings. The number of fused-ring (bicyclic) bond motifs is 1. The highest BCUT2D eigenvalue weighted by Gasteiger charge is 2.45. The molecule has 0 bridgehead atoms. The molecule has 48 heavy (non-hydrogen) atoms. The summed E-state index contributed by atoms with van der Waals surface area (Å²) in [5.74, 6) is -4.05. The minimum Gasteiger partial charge on any atom is -0.481 e. The lowest BCUT2D eigenvalue weighted by Gasteiger charge is -2.27. The summed E-state index contributed by atoms with van der Waals surface area (Å²) in [5, 5.41) is 16.0. The summed E-state index contributed by atoms with van der Waals surface area (Å²) in [6.45, 7) is 3.91. The van der Waals surface area contributed by atoms with Gasteiger partial charge in [-0.05, 0) is 37.8 Å². The highest BCUT2D eigenvalue weighted by atomic mass is 16.6. The molecule has 1 aromatic carbocycles. The number of hydrogen-bond donors (Lipinski definition) is 4. The van der Waals surface area contributed by atoms with Crippen LogP contribution < -0.4 is 16.0 Å². The van der Waals surface area contributed by atoms with Crippen molar-refractivity contribution in [3.63, 3.8) is 0 Å². The van der Waals surface area contributed by atoms with Crippen LogP contribution in [0.2, 0.25) is 0 Å². The number of ether oxygens (including phenoxy) is 4. The molecule has 0 aromatic heterocycles. The van der Waals surface area contributed by atoms with E-state index >= 15 is 0 Å². The number of amides is 6. The number of benzene rings is 1. The molecule has 1 aromatic rings. The quantitative estimate of drug-likeness (QED) is 0.0892. The molecule has 0 saturated carbocycles. The molecule has 6 amide bonds. The van der Waals surface area contributed by atoms with Crippen molar-refractivity contribution < 1.29 is 57.6 Å². The fraction of sp³-hybridized carbons (Fsp3) is 0.594. The summed E-state index contributed by atoms with van der Waals surface area (Å²) in [5.41, 5.74) is 0.355. The topological polar surface area (TPSA) is 216 Å². The third-order valence-electron chi connectivity index (χ3n) is 7.40. The maximum atomic E-state index is 13.1. The van der Waals surface area contributed by atoms with Crippen molar-refractivity contribution in [2.24, 2.45) is 0 Å². The average molecular weight is 677 g/mol. The van der Waals surface area contributed by atoms with Gasteiger partial charge in [-0.2, -0.15) is 0 Å². The molecule has 16 heteroatoms. The van der Waals surface area contributed by atoms with Gasteiger partial charge in [0.15, 0.2) is 0 Å². The van der Waals surface area contributed by atoms with Crippen LogP contribution in [-0.4, -0.2) is 117 Å². The van der Waals surface area contributed by atoms with Gasteiger partial charge in [0.25, 0.3) is 11.8 Å². The van der Waals surface area contributed by atoms with Gasteiger partial charge < -0.3 is 34.7 Å². The molecule has 1 atom stereocenters. The molecule has 2 heterocycles. The van der Waals surface area contributed by atoms with Gasteiger partial charge in [0.05, 0.1) is 62.9 Å². The maximum absolute atomic E-state index is 13.1. The first-order valence-electron chi connectivity index (χ1n) is 16.1. The first-order valence-corrected chi connectivity index (χ1v) is 16.1. The van der Waals surface area contributed by atoms with Crippen molar-refractivity contribution in [3.8, 4) is 0 Å². The Balaban J connectivity index is 1.15. The van der Waals surface area contributed by atoms with Gasteiger partial charge in [0.2, 0.25) is 23.6 Å². The van der Waals surface area contributed by atoms with Crippen LogP contribution in [0.5, 0.6) is 0 Å². The summed E-state index contributed by atoms with van der Waals surface area (Å²) < 4.78 is 21.8. The number of anilines is 1. The Morgan fingerprint density at radius 1 is 0.771 bits per heavy atom. The number of aliphatic carboxylic acids is 1. The number of carbonyl (C=O) groups excluding carboxylic acids is 6. The smallest absolute Gasteiger partial charge is 0.303 e. The zero-order valence-electron chi connectivity index (χ0n) is 26.9. The standard InChI is InChI=1S/C32H44N4O12/c37-25(11-12-28(40)41)33-13-5-15-46-17-19-48-21-20-47-18-16-45-14-3-1-2-8-26(38)34-23-7-4-6-22-29(23)32(44)36(31(22)43)24-9-10-27(39)35-30(24)42/h4,6-7,24H,1-3,5,8-21H2,(H,33,37)(H,34,38)(H,40,41)(H,35,39,42). The molecule has 2 aliphatic heterocycles. The second-order valence-electron chi connectivity index (χ2n) is 11.1. The third kappa shape index (κ3) is 12.7. The van der Waals surface area contributed by atoms with Crippen molar-refractivity contribution in [1.82, 2.24) is 15.5 Å². The number of piperidine rings is 1. The van der Waals surface area contributed by atoms with Crippen LogP contribution in [0.1, 0.15) is 78.5 Å². The number of imide groups is 2. The number of nitrogens with zero attached hydrogens (tertiary/aromatic N) is 1. The molecule has 0 radical (unpaired) electrons. The molecule has 1 unspecified atom stereocenters. The zero-order chi connectivity index (χ0) is 34.7. The summed E-state index contributed by atoms with van der Waals surface area (Å²) in [6, 6.07) is 3.49. The van der Waals surface area contributed by atoms with Crippen LogP contribution in [0.15, 0.2) is 18.2 Å². The average Bonchev–Trinajstić information content (AvgIpc) is 3.30. The Bertz CT molecular complexity index is 1300. The number of carboxylic acids is 1. The van der Waals surface area contributed by atoms with E-state index in [1.54, 1.807) is 6.07 Å². The number of carbonyl (C=O) groups is 7. The van der Waals surface area contributed by atoms with Gasteiger partial charge in [-0.15, -0.1) is 0 Å². The van der Waals surface area contributed by atoms with E-state index < -0.39 is 35.6 Å². The molecule has 3 rings (SSSR count). The van der Waals surface area contributed by atoms with Crippen molar-refractivity contribution in [2.45, 2.75) is 63.8 Å².